The number of hydrogen-bond acceptors (Lipinski definition) is 2. The Morgan fingerprint density at radius 1 is 1.36 bits per heavy atom. The Morgan fingerprint density at radius 2 is 2.00 bits per heavy atom. The minimum absolute atomic E-state index is 0.267. The summed E-state index contributed by atoms with van der Waals surface area (Å²) < 4.78 is 4.94. The average molecular weight is 198 g/mol. The SMILES string of the molecule is COCC(=O)[C@H]1CCCC[C@H]1C(C)C. The first-order valence-electron chi connectivity index (χ1n) is 5.68. The van der Waals surface area contributed by atoms with Gasteiger partial charge in [-0.25, -0.2) is 0 Å². The second-order valence-electron chi connectivity index (χ2n) is 4.70. The molecule has 0 saturated heterocycles. The Labute approximate surface area is 87.0 Å². The molecular formula is C12H22O2. The molecule has 0 aromatic heterocycles. The van der Waals surface area contributed by atoms with E-state index in [1.807, 2.05) is 0 Å². The van der Waals surface area contributed by atoms with Gasteiger partial charge in [-0.2, -0.15) is 0 Å². The molecule has 0 aromatic carbocycles. The van der Waals surface area contributed by atoms with Gasteiger partial charge in [-0.05, 0) is 24.7 Å². The van der Waals surface area contributed by atoms with Crippen LogP contribution in [-0.2, 0) is 9.53 Å². The fraction of sp³-hybridized carbons (Fsp3) is 0.917. The third kappa shape index (κ3) is 2.81. The summed E-state index contributed by atoms with van der Waals surface area (Å²) >= 11 is 0. The molecule has 0 amide bonds. The predicted octanol–water partition coefficient (Wildman–Crippen LogP) is 2.66. The van der Waals surface area contributed by atoms with Crippen molar-refractivity contribution in [1.82, 2.24) is 0 Å². The monoisotopic (exact) mass is 198 g/mol. The summed E-state index contributed by atoms with van der Waals surface area (Å²) in [7, 11) is 1.60. The van der Waals surface area contributed by atoms with Crippen molar-refractivity contribution in [2.45, 2.75) is 39.5 Å². The molecule has 1 aliphatic carbocycles. The Balaban J connectivity index is 2.57. The maximum Gasteiger partial charge on any atom is 0.161 e. The van der Waals surface area contributed by atoms with Crippen molar-refractivity contribution in [2.24, 2.45) is 17.8 Å². The molecule has 2 heteroatoms. The van der Waals surface area contributed by atoms with Crippen molar-refractivity contribution < 1.29 is 9.53 Å². The van der Waals surface area contributed by atoms with Gasteiger partial charge in [0.25, 0.3) is 0 Å². The summed E-state index contributed by atoms with van der Waals surface area (Å²) in [6, 6.07) is 0. The Kier molecular flexibility index (Phi) is 4.59. The van der Waals surface area contributed by atoms with E-state index in [-0.39, 0.29) is 5.92 Å². The molecule has 0 aliphatic heterocycles. The van der Waals surface area contributed by atoms with Crippen molar-refractivity contribution in [2.75, 3.05) is 13.7 Å². The lowest BCUT2D eigenvalue weighted by Gasteiger charge is -2.33. The number of ketones is 1. The first-order chi connectivity index (χ1) is 6.66. The van der Waals surface area contributed by atoms with Crippen LogP contribution in [0.3, 0.4) is 0 Å². The quantitative estimate of drug-likeness (QED) is 0.694. The van der Waals surface area contributed by atoms with Gasteiger partial charge in [0.05, 0.1) is 0 Å². The van der Waals surface area contributed by atoms with Crippen LogP contribution < -0.4 is 0 Å². The molecule has 1 rings (SSSR count). The van der Waals surface area contributed by atoms with Gasteiger partial charge in [0, 0.05) is 13.0 Å². The lowest BCUT2D eigenvalue weighted by Crippen LogP contribution is -2.32. The minimum Gasteiger partial charge on any atom is -0.377 e. The van der Waals surface area contributed by atoms with Crippen LogP contribution >= 0.6 is 0 Å². The van der Waals surface area contributed by atoms with E-state index >= 15 is 0 Å². The zero-order valence-corrected chi connectivity index (χ0v) is 9.58. The van der Waals surface area contributed by atoms with Crippen LogP contribution in [0.4, 0.5) is 0 Å². The van der Waals surface area contributed by atoms with Crippen molar-refractivity contribution in [1.29, 1.82) is 0 Å². The molecule has 0 bridgehead atoms. The van der Waals surface area contributed by atoms with Crippen LogP contribution in [0.15, 0.2) is 0 Å². The van der Waals surface area contributed by atoms with E-state index in [1.54, 1.807) is 7.11 Å². The molecule has 0 unspecified atom stereocenters. The highest BCUT2D eigenvalue weighted by Crippen LogP contribution is 2.35. The number of carbonyl (C=O) groups is 1. The molecule has 82 valence electrons. The average Bonchev–Trinajstić information content (AvgIpc) is 2.18. The molecule has 0 spiro atoms. The second-order valence-corrected chi connectivity index (χ2v) is 4.70. The summed E-state index contributed by atoms with van der Waals surface area (Å²) in [6.07, 6.45) is 4.80. The van der Waals surface area contributed by atoms with Gasteiger partial charge in [0.2, 0.25) is 0 Å². The van der Waals surface area contributed by atoms with Gasteiger partial charge in [0.1, 0.15) is 6.61 Å². The molecular weight excluding hydrogens is 176 g/mol. The maximum atomic E-state index is 11.8. The molecule has 14 heavy (non-hydrogen) atoms. The fourth-order valence-electron chi connectivity index (χ4n) is 2.61. The van der Waals surface area contributed by atoms with E-state index in [9.17, 15) is 4.79 Å². The normalized spacial score (nSPS) is 28.0. The second kappa shape index (κ2) is 5.50. The Morgan fingerprint density at radius 3 is 2.57 bits per heavy atom. The molecule has 1 fully saturated rings. The smallest absolute Gasteiger partial charge is 0.161 e. The molecule has 0 N–H and O–H groups in total. The highest BCUT2D eigenvalue weighted by molar-refractivity contribution is 5.82. The van der Waals surface area contributed by atoms with Gasteiger partial charge < -0.3 is 4.74 Å². The largest absolute Gasteiger partial charge is 0.377 e. The summed E-state index contributed by atoms with van der Waals surface area (Å²) in [5.74, 6) is 1.79. The number of methoxy groups -OCH3 is 1. The number of carbonyl (C=O) groups excluding carboxylic acids is 1. The van der Waals surface area contributed by atoms with Crippen molar-refractivity contribution in [3.63, 3.8) is 0 Å². The van der Waals surface area contributed by atoms with Gasteiger partial charge in [-0.1, -0.05) is 26.7 Å². The standard InChI is InChI=1S/C12H22O2/c1-9(2)10-6-4-5-7-11(10)12(13)8-14-3/h9-11H,4-8H2,1-3H3/t10-,11-/m0/s1. The van der Waals surface area contributed by atoms with Gasteiger partial charge >= 0.3 is 0 Å². The third-order valence-corrected chi connectivity index (χ3v) is 3.38. The van der Waals surface area contributed by atoms with Crippen LogP contribution in [-0.4, -0.2) is 19.5 Å². The number of Topliss-reactive ketones (excluding diaryl/α,β-unsaturated/α-hetero) is 1. The van der Waals surface area contributed by atoms with E-state index in [4.69, 9.17) is 4.74 Å². The van der Waals surface area contributed by atoms with E-state index in [1.165, 1.54) is 19.3 Å². The van der Waals surface area contributed by atoms with E-state index in [0.717, 1.165) is 6.42 Å². The van der Waals surface area contributed by atoms with Gasteiger partial charge in [-0.3, -0.25) is 4.79 Å². The Hall–Kier alpha value is -0.370. The zero-order valence-electron chi connectivity index (χ0n) is 9.58. The molecule has 2 nitrogen and oxygen atoms in total. The van der Waals surface area contributed by atoms with Crippen LogP contribution in [0.1, 0.15) is 39.5 Å². The lowest BCUT2D eigenvalue weighted by molar-refractivity contribution is -0.130. The highest BCUT2D eigenvalue weighted by Gasteiger charge is 2.32. The summed E-state index contributed by atoms with van der Waals surface area (Å²) in [6.45, 7) is 4.75. The minimum atomic E-state index is 0.267. The first kappa shape index (κ1) is 11.7. The summed E-state index contributed by atoms with van der Waals surface area (Å²) in [5, 5.41) is 0. The van der Waals surface area contributed by atoms with Crippen LogP contribution in [0, 0.1) is 17.8 Å². The van der Waals surface area contributed by atoms with Gasteiger partial charge in [0.15, 0.2) is 5.78 Å². The number of ether oxygens (including phenoxy) is 1. The molecule has 0 heterocycles. The zero-order chi connectivity index (χ0) is 10.6. The van der Waals surface area contributed by atoms with Crippen LogP contribution in [0.2, 0.25) is 0 Å². The van der Waals surface area contributed by atoms with Crippen LogP contribution in [0.5, 0.6) is 0 Å². The lowest BCUT2D eigenvalue weighted by atomic mass is 9.72. The molecule has 1 saturated carbocycles. The topological polar surface area (TPSA) is 26.3 Å². The molecule has 0 aromatic rings. The first-order valence-corrected chi connectivity index (χ1v) is 5.68. The van der Waals surface area contributed by atoms with Crippen molar-refractivity contribution in [3.05, 3.63) is 0 Å². The maximum absolute atomic E-state index is 11.8. The van der Waals surface area contributed by atoms with E-state index in [0.29, 0.717) is 24.2 Å². The van der Waals surface area contributed by atoms with E-state index in [2.05, 4.69) is 13.8 Å². The summed E-state index contributed by atoms with van der Waals surface area (Å²) in [4.78, 5) is 11.8. The fourth-order valence-corrected chi connectivity index (χ4v) is 2.61. The van der Waals surface area contributed by atoms with Crippen molar-refractivity contribution >= 4 is 5.78 Å². The van der Waals surface area contributed by atoms with Gasteiger partial charge in [-0.15, -0.1) is 0 Å². The number of hydrogen-bond donors (Lipinski definition) is 0. The van der Waals surface area contributed by atoms with E-state index < -0.39 is 0 Å². The summed E-state index contributed by atoms with van der Waals surface area (Å²) in [5.41, 5.74) is 0. The third-order valence-electron chi connectivity index (χ3n) is 3.38. The molecule has 1 aliphatic rings. The number of rotatable bonds is 4. The molecule has 2 atom stereocenters. The Bertz CT molecular complexity index is 187. The van der Waals surface area contributed by atoms with Crippen molar-refractivity contribution in [3.8, 4) is 0 Å². The molecule has 0 radical (unpaired) electrons. The van der Waals surface area contributed by atoms with Crippen LogP contribution in [0.25, 0.3) is 0 Å². The highest BCUT2D eigenvalue weighted by atomic mass is 16.5. The predicted molar refractivity (Wildman–Crippen MR) is 57.2 cm³/mol.